The Balaban J connectivity index is 1.23. The van der Waals surface area contributed by atoms with E-state index in [0.29, 0.717) is 0 Å². The van der Waals surface area contributed by atoms with E-state index in [1.807, 2.05) is 0 Å². The summed E-state index contributed by atoms with van der Waals surface area (Å²) in [6.07, 6.45) is 0. The topological polar surface area (TPSA) is 9.72 Å². The second-order valence-electron chi connectivity index (χ2n) is 23.1. The van der Waals surface area contributed by atoms with Gasteiger partial charge in [-0.05, 0) is 143 Å². The quantitative estimate of drug-likeness (QED) is 0.154. The van der Waals surface area contributed by atoms with Crippen molar-refractivity contribution in [3.63, 3.8) is 0 Å². The van der Waals surface area contributed by atoms with Gasteiger partial charge in [0.15, 0.2) is 0 Å². The molecule has 0 saturated carbocycles. The second kappa shape index (κ2) is 16.9. The Kier molecular flexibility index (Phi) is 10.7. The predicted octanol–water partition coefficient (Wildman–Crippen LogP) is 17.1. The van der Waals surface area contributed by atoms with Crippen molar-refractivity contribution in [1.82, 2.24) is 0 Å². The smallest absolute Gasteiger partial charge is 0.252 e. The van der Waals surface area contributed by atoms with Crippen molar-refractivity contribution in [3.8, 4) is 11.1 Å². The predicted molar refractivity (Wildman–Crippen MR) is 312 cm³/mol. The van der Waals surface area contributed by atoms with Crippen molar-refractivity contribution in [2.24, 2.45) is 0 Å². The third-order valence-corrected chi connectivity index (χ3v) is 15.2. The molecule has 0 N–H and O–H groups in total. The summed E-state index contributed by atoms with van der Waals surface area (Å²) >= 11 is 0. The maximum atomic E-state index is 2.60. The van der Waals surface area contributed by atoms with E-state index in [4.69, 9.17) is 0 Å². The van der Waals surface area contributed by atoms with Gasteiger partial charge in [-0.25, -0.2) is 0 Å². The van der Waals surface area contributed by atoms with Crippen LogP contribution in [0.5, 0.6) is 0 Å². The zero-order valence-electron chi connectivity index (χ0n) is 43.1. The van der Waals surface area contributed by atoms with Crippen molar-refractivity contribution in [2.45, 2.75) is 78.6 Å². The standard InChI is InChI=1S/C68H62BN3/c1-66(2,3)50-29-35-53(36-30-50)71-61-37-31-51(67(4,5)6)41-58(61)69-59-42-52(68(7,8)9)32-38-62(59)72(60-26-18-17-25-57(60)47-21-11-10-12-22-47)64-44-56(43-63(71)65(64)69)70(54-33-27-45-19-13-15-23-48(45)39-54)55-34-28-46-20-14-16-24-49(46)40-55/h10-44H,1-9H3. The van der Waals surface area contributed by atoms with Gasteiger partial charge in [-0.1, -0.05) is 208 Å². The lowest BCUT2D eigenvalue weighted by atomic mass is 9.33. The fourth-order valence-electron chi connectivity index (χ4n) is 11.3. The van der Waals surface area contributed by atoms with Gasteiger partial charge in [-0.15, -0.1) is 0 Å². The Morgan fingerprint density at radius 1 is 0.333 bits per heavy atom. The molecule has 3 nitrogen and oxygen atoms in total. The molecule has 12 rings (SSSR count). The first-order valence-corrected chi connectivity index (χ1v) is 25.7. The van der Waals surface area contributed by atoms with Gasteiger partial charge in [0, 0.05) is 45.4 Å². The van der Waals surface area contributed by atoms with Crippen molar-refractivity contribution in [1.29, 1.82) is 0 Å². The molecule has 4 heteroatoms. The molecule has 0 saturated heterocycles. The first kappa shape index (κ1) is 45.3. The second-order valence-corrected chi connectivity index (χ2v) is 23.1. The minimum atomic E-state index is -0.0689. The summed E-state index contributed by atoms with van der Waals surface area (Å²) in [5.41, 5.74) is 20.5. The van der Waals surface area contributed by atoms with Crippen molar-refractivity contribution < 1.29 is 0 Å². The minimum absolute atomic E-state index is 0.00541. The highest BCUT2D eigenvalue weighted by Crippen LogP contribution is 2.50. The molecule has 0 aliphatic carbocycles. The van der Waals surface area contributed by atoms with Crippen LogP contribution in [0.25, 0.3) is 32.7 Å². The molecular formula is C68H62BN3. The average molecular weight is 932 g/mol. The number of rotatable bonds is 6. The molecule has 0 unspecified atom stereocenters. The highest BCUT2D eigenvalue weighted by atomic mass is 15.2. The molecule has 2 aliphatic rings. The van der Waals surface area contributed by atoms with Gasteiger partial charge in [0.1, 0.15) is 0 Å². The van der Waals surface area contributed by atoms with E-state index in [-0.39, 0.29) is 23.0 Å². The molecule has 0 aromatic heterocycles. The lowest BCUT2D eigenvalue weighted by Crippen LogP contribution is -2.61. The van der Waals surface area contributed by atoms with E-state index >= 15 is 0 Å². The van der Waals surface area contributed by atoms with Crippen LogP contribution in [0.15, 0.2) is 212 Å². The molecule has 72 heavy (non-hydrogen) atoms. The van der Waals surface area contributed by atoms with Gasteiger partial charge in [0.2, 0.25) is 0 Å². The first-order valence-electron chi connectivity index (χ1n) is 25.7. The Morgan fingerprint density at radius 3 is 1.33 bits per heavy atom. The van der Waals surface area contributed by atoms with E-state index in [1.54, 1.807) is 0 Å². The normalized spacial score (nSPS) is 13.3. The average Bonchev–Trinajstić information content (AvgIpc) is 3.38. The van der Waals surface area contributed by atoms with E-state index in [9.17, 15) is 0 Å². The van der Waals surface area contributed by atoms with E-state index in [2.05, 4.69) is 289 Å². The number of hydrogen-bond acceptors (Lipinski definition) is 3. The summed E-state index contributed by atoms with van der Waals surface area (Å²) in [5.74, 6) is 0. The molecule has 0 bridgehead atoms. The Labute approximate surface area is 427 Å². The van der Waals surface area contributed by atoms with Gasteiger partial charge in [-0.3, -0.25) is 0 Å². The first-order chi connectivity index (χ1) is 34.6. The molecule has 0 amide bonds. The van der Waals surface area contributed by atoms with Crippen LogP contribution in [0.3, 0.4) is 0 Å². The molecule has 0 atom stereocenters. The zero-order valence-corrected chi connectivity index (χ0v) is 43.1. The summed E-state index contributed by atoms with van der Waals surface area (Å²) in [4.78, 5) is 7.66. The van der Waals surface area contributed by atoms with Crippen LogP contribution < -0.4 is 31.1 Å². The lowest BCUT2D eigenvalue weighted by Gasteiger charge is -2.46. The van der Waals surface area contributed by atoms with Crippen molar-refractivity contribution in [2.75, 3.05) is 14.7 Å². The molecule has 10 aromatic rings. The van der Waals surface area contributed by atoms with Gasteiger partial charge >= 0.3 is 0 Å². The molecule has 10 aromatic carbocycles. The van der Waals surface area contributed by atoms with E-state index in [0.717, 1.165) is 28.4 Å². The molecular weight excluding hydrogens is 870 g/mol. The number of para-hydroxylation sites is 1. The SMILES string of the molecule is CC(C)(C)c1ccc(N2c3ccc(C(C)(C)C)cc3B3c4cc(C(C)(C)C)ccc4N(c4ccccc4-c4ccccc4)c4cc(N(c5ccc6ccccc6c5)c5ccc6ccccc6c5)cc2c43)cc1. The van der Waals surface area contributed by atoms with Crippen LogP contribution in [-0.2, 0) is 16.2 Å². The molecule has 0 radical (unpaired) electrons. The summed E-state index contributed by atoms with van der Waals surface area (Å²) in [6, 6.07) is 80.2. The van der Waals surface area contributed by atoms with Gasteiger partial charge in [-0.2, -0.15) is 0 Å². The van der Waals surface area contributed by atoms with Crippen LogP contribution in [-0.4, -0.2) is 6.71 Å². The molecule has 352 valence electrons. The Bertz CT molecular complexity index is 3640. The van der Waals surface area contributed by atoms with Crippen LogP contribution in [0.4, 0.5) is 51.2 Å². The highest BCUT2D eigenvalue weighted by molar-refractivity contribution is 7.00. The number of hydrogen-bond donors (Lipinski definition) is 0. The van der Waals surface area contributed by atoms with Gasteiger partial charge < -0.3 is 14.7 Å². The van der Waals surface area contributed by atoms with Gasteiger partial charge in [0.25, 0.3) is 6.71 Å². The third kappa shape index (κ3) is 7.76. The summed E-state index contributed by atoms with van der Waals surface area (Å²) in [5, 5.41) is 4.83. The Hall–Kier alpha value is -7.82. The maximum Gasteiger partial charge on any atom is 0.252 e. The zero-order chi connectivity index (χ0) is 49.7. The van der Waals surface area contributed by atoms with Crippen LogP contribution in [0.1, 0.15) is 79.0 Å². The monoisotopic (exact) mass is 932 g/mol. The molecule has 2 aliphatic heterocycles. The lowest BCUT2D eigenvalue weighted by molar-refractivity contribution is 0.590. The van der Waals surface area contributed by atoms with Crippen LogP contribution in [0, 0.1) is 0 Å². The van der Waals surface area contributed by atoms with Gasteiger partial charge in [0.05, 0.1) is 11.4 Å². The molecule has 0 fully saturated rings. The largest absolute Gasteiger partial charge is 0.311 e. The molecule has 0 spiro atoms. The fourth-order valence-corrected chi connectivity index (χ4v) is 11.3. The number of nitrogens with zero attached hydrogens (tertiary/aromatic N) is 3. The minimum Gasteiger partial charge on any atom is -0.311 e. The third-order valence-electron chi connectivity index (χ3n) is 15.2. The maximum absolute atomic E-state index is 2.60. The molecule has 2 heterocycles. The summed E-state index contributed by atoms with van der Waals surface area (Å²) < 4.78 is 0. The fraction of sp³-hybridized carbons (Fsp3) is 0.176. The van der Waals surface area contributed by atoms with Crippen molar-refractivity contribution in [3.05, 3.63) is 229 Å². The summed E-state index contributed by atoms with van der Waals surface area (Å²) in [6.45, 7) is 20.9. The highest BCUT2D eigenvalue weighted by Gasteiger charge is 2.45. The Morgan fingerprint density at radius 2 is 0.792 bits per heavy atom. The van der Waals surface area contributed by atoms with E-state index in [1.165, 1.54) is 88.5 Å². The van der Waals surface area contributed by atoms with Crippen LogP contribution >= 0.6 is 0 Å². The number of anilines is 9. The van der Waals surface area contributed by atoms with E-state index < -0.39 is 0 Å². The van der Waals surface area contributed by atoms with Crippen LogP contribution in [0.2, 0.25) is 0 Å². The number of benzene rings is 10. The summed E-state index contributed by atoms with van der Waals surface area (Å²) in [7, 11) is 0. The number of fused-ring (bicyclic) bond motifs is 6. The van der Waals surface area contributed by atoms with Crippen molar-refractivity contribution >= 4 is 95.8 Å².